The van der Waals surface area contributed by atoms with Crippen molar-refractivity contribution in [3.8, 4) is 5.75 Å². The van der Waals surface area contributed by atoms with Crippen molar-refractivity contribution in [3.05, 3.63) is 28.2 Å². The number of benzene rings is 1. The number of unbranched alkanes of at least 4 members (excludes halogenated alkanes) is 1. The SMILES string of the molecule is COCCOCCCCNC(=O)c1ccc(Br)cc1OC. The van der Waals surface area contributed by atoms with Gasteiger partial charge in [0.15, 0.2) is 0 Å². The lowest BCUT2D eigenvalue weighted by atomic mass is 10.2. The standard InChI is InChI=1S/C15H22BrNO4/c1-19-9-10-21-8-4-3-7-17-15(18)13-6-5-12(16)11-14(13)20-2/h5-6,11H,3-4,7-10H2,1-2H3,(H,17,18). The van der Waals surface area contributed by atoms with Crippen LogP contribution in [-0.4, -0.2) is 46.5 Å². The molecule has 0 saturated carbocycles. The van der Waals surface area contributed by atoms with E-state index in [-0.39, 0.29) is 5.91 Å². The molecule has 1 rings (SSSR count). The Bertz CT molecular complexity index is 440. The second kappa shape index (κ2) is 10.6. The van der Waals surface area contributed by atoms with Gasteiger partial charge in [-0.25, -0.2) is 0 Å². The van der Waals surface area contributed by atoms with E-state index in [2.05, 4.69) is 21.2 Å². The van der Waals surface area contributed by atoms with E-state index in [1.54, 1.807) is 26.4 Å². The van der Waals surface area contributed by atoms with Crippen LogP contribution >= 0.6 is 15.9 Å². The Morgan fingerprint density at radius 3 is 2.71 bits per heavy atom. The Labute approximate surface area is 134 Å². The molecule has 1 aromatic rings. The highest BCUT2D eigenvalue weighted by molar-refractivity contribution is 9.10. The molecule has 1 aromatic carbocycles. The maximum atomic E-state index is 12.1. The van der Waals surface area contributed by atoms with Crippen molar-refractivity contribution < 1.29 is 19.0 Å². The van der Waals surface area contributed by atoms with E-state index in [1.807, 2.05) is 6.07 Å². The van der Waals surface area contributed by atoms with Crippen LogP contribution in [0.5, 0.6) is 5.75 Å². The molecule has 0 saturated heterocycles. The average Bonchev–Trinajstić information content (AvgIpc) is 2.49. The summed E-state index contributed by atoms with van der Waals surface area (Å²) in [5, 5.41) is 2.88. The highest BCUT2D eigenvalue weighted by Gasteiger charge is 2.11. The van der Waals surface area contributed by atoms with Crippen molar-refractivity contribution in [2.45, 2.75) is 12.8 Å². The van der Waals surface area contributed by atoms with Gasteiger partial charge in [-0.1, -0.05) is 15.9 Å². The summed E-state index contributed by atoms with van der Waals surface area (Å²) in [5.41, 5.74) is 0.539. The third-order valence-electron chi connectivity index (χ3n) is 2.84. The van der Waals surface area contributed by atoms with Gasteiger partial charge in [0.25, 0.3) is 5.91 Å². The van der Waals surface area contributed by atoms with Crippen LogP contribution < -0.4 is 10.1 Å². The van der Waals surface area contributed by atoms with Gasteiger partial charge in [-0.2, -0.15) is 0 Å². The molecule has 0 atom stereocenters. The van der Waals surface area contributed by atoms with E-state index in [9.17, 15) is 4.79 Å². The number of methoxy groups -OCH3 is 2. The highest BCUT2D eigenvalue weighted by atomic mass is 79.9. The number of hydrogen-bond acceptors (Lipinski definition) is 4. The quantitative estimate of drug-likeness (QED) is 0.652. The van der Waals surface area contributed by atoms with Crippen LogP contribution in [0.25, 0.3) is 0 Å². The van der Waals surface area contributed by atoms with Crippen LogP contribution in [0.15, 0.2) is 22.7 Å². The van der Waals surface area contributed by atoms with Crippen LogP contribution in [0.1, 0.15) is 23.2 Å². The molecule has 21 heavy (non-hydrogen) atoms. The Hall–Kier alpha value is -1.11. The van der Waals surface area contributed by atoms with Gasteiger partial charge in [-0.05, 0) is 31.0 Å². The monoisotopic (exact) mass is 359 g/mol. The number of carbonyl (C=O) groups excluding carboxylic acids is 1. The summed E-state index contributed by atoms with van der Waals surface area (Å²) in [6, 6.07) is 5.34. The maximum Gasteiger partial charge on any atom is 0.255 e. The zero-order chi connectivity index (χ0) is 15.5. The van der Waals surface area contributed by atoms with Gasteiger partial charge < -0.3 is 19.5 Å². The molecule has 0 aliphatic rings. The number of amides is 1. The number of rotatable bonds is 10. The predicted octanol–water partition coefficient (Wildman–Crippen LogP) is 2.63. The van der Waals surface area contributed by atoms with Crippen LogP contribution in [-0.2, 0) is 9.47 Å². The fraction of sp³-hybridized carbons (Fsp3) is 0.533. The molecule has 0 bridgehead atoms. The molecule has 0 aromatic heterocycles. The zero-order valence-corrected chi connectivity index (χ0v) is 14.1. The van der Waals surface area contributed by atoms with Crippen LogP contribution in [0, 0.1) is 0 Å². The molecule has 5 nitrogen and oxygen atoms in total. The van der Waals surface area contributed by atoms with Gasteiger partial charge in [0.1, 0.15) is 5.75 Å². The molecule has 0 unspecified atom stereocenters. The Balaban J connectivity index is 2.25. The molecular formula is C15H22BrNO4. The minimum atomic E-state index is -0.125. The summed E-state index contributed by atoms with van der Waals surface area (Å²) in [5.74, 6) is 0.435. The number of halogens is 1. The van der Waals surface area contributed by atoms with Gasteiger partial charge in [0.05, 0.1) is 25.9 Å². The van der Waals surface area contributed by atoms with Crippen molar-refractivity contribution >= 4 is 21.8 Å². The van der Waals surface area contributed by atoms with Gasteiger partial charge in [0.2, 0.25) is 0 Å². The fourth-order valence-electron chi connectivity index (χ4n) is 1.72. The summed E-state index contributed by atoms with van der Waals surface area (Å²) in [7, 11) is 3.20. The molecule has 0 fully saturated rings. The van der Waals surface area contributed by atoms with Crippen LogP contribution in [0.4, 0.5) is 0 Å². The third kappa shape index (κ3) is 6.93. The minimum Gasteiger partial charge on any atom is -0.496 e. The zero-order valence-electron chi connectivity index (χ0n) is 12.5. The molecule has 118 valence electrons. The largest absolute Gasteiger partial charge is 0.496 e. The highest BCUT2D eigenvalue weighted by Crippen LogP contribution is 2.23. The molecule has 0 radical (unpaired) electrons. The Morgan fingerprint density at radius 2 is 2.00 bits per heavy atom. The first kappa shape index (κ1) is 17.9. The number of hydrogen-bond donors (Lipinski definition) is 1. The van der Waals surface area contributed by atoms with Crippen molar-refractivity contribution in [3.63, 3.8) is 0 Å². The lowest BCUT2D eigenvalue weighted by Gasteiger charge is -2.10. The fourth-order valence-corrected chi connectivity index (χ4v) is 2.06. The van der Waals surface area contributed by atoms with Gasteiger partial charge in [-0.3, -0.25) is 4.79 Å². The summed E-state index contributed by atoms with van der Waals surface area (Å²) in [6.45, 7) is 2.52. The summed E-state index contributed by atoms with van der Waals surface area (Å²) >= 11 is 3.35. The van der Waals surface area contributed by atoms with E-state index in [1.165, 1.54) is 0 Å². The van der Waals surface area contributed by atoms with Crippen molar-refractivity contribution in [2.75, 3.05) is 40.6 Å². The average molecular weight is 360 g/mol. The first-order chi connectivity index (χ1) is 10.2. The van der Waals surface area contributed by atoms with E-state index in [0.29, 0.717) is 37.7 Å². The summed E-state index contributed by atoms with van der Waals surface area (Å²) in [4.78, 5) is 12.1. The summed E-state index contributed by atoms with van der Waals surface area (Å²) in [6.07, 6.45) is 1.78. The second-order valence-corrected chi connectivity index (χ2v) is 5.33. The lowest BCUT2D eigenvalue weighted by molar-refractivity contribution is 0.0686. The molecule has 0 spiro atoms. The van der Waals surface area contributed by atoms with Crippen LogP contribution in [0.2, 0.25) is 0 Å². The van der Waals surface area contributed by atoms with Crippen molar-refractivity contribution in [1.29, 1.82) is 0 Å². The van der Waals surface area contributed by atoms with Gasteiger partial charge in [0, 0.05) is 24.7 Å². The molecular weight excluding hydrogens is 338 g/mol. The summed E-state index contributed by atoms with van der Waals surface area (Å²) < 4.78 is 16.3. The van der Waals surface area contributed by atoms with E-state index >= 15 is 0 Å². The number of nitrogens with one attached hydrogen (secondary N) is 1. The van der Waals surface area contributed by atoms with E-state index < -0.39 is 0 Å². The predicted molar refractivity (Wildman–Crippen MR) is 85.0 cm³/mol. The maximum absolute atomic E-state index is 12.1. The lowest BCUT2D eigenvalue weighted by Crippen LogP contribution is -2.25. The molecule has 0 heterocycles. The molecule has 0 aliphatic heterocycles. The van der Waals surface area contributed by atoms with Gasteiger partial charge in [-0.15, -0.1) is 0 Å². The van der Waals surface area contributed by atoms with Crippen LogP contribution in [0.3, 0.4) is 0 Å². The van der Waals surface area contributed by atoms with E-state index in [4.69, 9.17) is 14.2 Å². The van der Waals surface area contributed by atoms with Crippen molar-refractivity contribution in [1.82, 2.24) is 5.32 Å². The number of ether oxygens (including phenoxy) is 3. The second-order valence-electron chi connectivity index (χ2n) is 4.41. The Morgan fingerprint density at radius 1 is 1.19 bits per heavy atom. The molecule has 1 N–H and O–H groups in total. The van der Waals surface area contributed by atoms with Crippen molar-refractivity contribution in [2.24, 2.45) is 0 Å². The molecule has 6 heteroatoms. The van der Waals surface area contributed by atoms with E-state index in [0.717, 1.165) is 17.3 Å². The number of carbonyl (C=O) groups is 1. The first-order valence-corrected chi connectivity index (χ1v) is 7.66. The molecule has 0 aliphatic carbocycles. The minimum absolute atomic E-state index is 0.125. The topological polar surface area (TPSA) is 56.8 Å². The smallest absolute Gasteiger partial charge is 0.255 e. The normalized spacial score (nSPS) is 10.4. The third-order valence-corrected chi connectivity index (χ3v) is 3.33. The first-order valence-electron chi connectivity index (χ1n) is 6.87. The molecule has 1 amide bonds. The Kier molecular flexibility index (Phi) is 9.05. The van der Waals surface area contributed by atoms with Gasteiger partial charge >= 0.3 is 0 Å².